The fourth-order valence-electron chi connectivity index (χ4n) is 2.39. The van der Waals surface area contributed by atoms with Crippen molar-refractivity contribution in [3.8, 4) is 11.1 Å². The van der Waals surface area contributed by atoms with E-state index in [0.717, 1.165) is 12.1 Å². The van der Waals surface area contributed by atoms with Crippen LogP contribution in [0.1, 0.15) is 10.4 Å². The number of carbonyl (C=O) groups is 1. The smallest absolute Gasteiger partial charge is 0.269 e. The highest BCUT2D eigenvalue weighted by atomic mass is 32.2. The molecule has 0 radical (unpaired) electrons. The van der Waals surface area contributed by atoms with Crippen molar-refractivity contribution >= 4 is 15.9 Å². The molecule has 2 N–H and O–H groups in total. The first-order valence-corrected chi connectivity index (χ1v) is 9.28. The molecule has 0 aliphatic heterocycles. The van der Waals surface area contributed by atoms with Crippen molar-refractivity contribution in [1.82, 2.24) is 10.3 Å². The molecular formula is C19H14F2N2O3S. The van der Waals surface area contributed by atoms with Crippen molar-refractivity contribution in [3.63, 3.8) is 0 Å². The fraction of sp³-hybridized carbons (Fsp3) is 0. The summed E-state index contributed by atoms with van der Waals surface area (Å²) in [6, 6.07) is 17.9. The fourth-order valence-corrected chi connectivity index (χ4v) is 3.25. The SMILES string of the molecule is O=C(NNS(=O)(=O)c1ccccc1)c1cc(-c2ccccc2)cc(F)c1F. The van der Waals surface area contributed by atoms with Gasteiger partial charge in [-0.1, -0.05) is 48.5 Å². The highest BCUT2D eigenvalue weighted by molar-refractivity contribution is 7.89. The minimum absolute atomic E-state index is 0.0880. The van der Waals surface area contributed by atoms with E-state index in [4.69, 9.17) is 0 Å². The molecule has 1 amide bonds. The van der Waals surface area contributed by atoms with Crippen LogP contribution < -0.4 is 10.3 Å². The average molecular weight is 388 g/mol. The summed E-state index contributed by atoms with van der Waals surface area (Å²) in [5, 5.41) is 0. The van der Waals surface area contributed by atoms with E-state index in [-0.39, 0.29) is 10.5 Å². The van der Waals surface area contributed by atoms with Gasteiger partial charge in [-0.3, -0.25) is 10.2 Å². The predicted molar refractivity (Wildman–Crippen MR) is 96.0 cm³/mol. The first kappa shape index (κ1) is 18.7. The van der Waals surface area contributed by atoms with E-state index >= 15 is 0 Å². The number of sulfonamides is 1. The summed E-state index contributed by atoms with van der Waals surface area (Å²) >= 11 is 0. The van der Waals surface area contributed by atoms with Gasteiger partial charge in [0.1, 0.15) is 0 Å². The number of carbonyl (C=O) groups excluding carboxylic acids is 1. The molecule has 0 saturated carbocycles. The first-order valence-electron chi connectivity index (χ1n) is 7.80. The van der Waals surface area contributed by atoms with Crippen LogP contribution in [-0.2, 0) is 10.0 Å². The molecule has 138 valence electrons. The van der Waals surface area contributed by atoms with E-state index in [9.17, 15) is 22.0 Å². The molecule has 3 aromatic rings. The lowest BCUT2D eigenvalue weighted by Gasteiger charge is -2.11. The largest absolute Gasteiger partial charge is 0.273 e. The Morgan fingerprint density at radius 2 is 1.41 bits per heavy atom. The Bertz CT molecular complexity index is 1070. The van der Waals surface area contributed by atoms with Gasteiger partial charge in [0.05, 0.1) is 10.5 Å². The van der Waals surface area contributed by atoms with Crippen molar-refractivity contribution < 1.29 is 22.0 Å². The molecule has 27 heavy (non-hydrogen) atoms. The number of rotatable bonds is 5. The van der Waals surface area contributed by atoms with Crippen LogP contribution in [0.4, 0.5) is 8.78 Å². The van der Waals surface area contributed by atoms with Gasteiger partial charge in [0.25, 0.3) is 15.9 Å². The molecular weight excluding hydrogens is 374 g/mol. The third-order valence-corrected chi connectivity index (χ3v) is 5.00. The van der Waals surface area contributed by atoms with Gasteiger partial charge in [0.2, 0.25) is 0 Å². The number of hydrogen-bond acceptors (Lipinski definition) is 3. The third kappa shape index (κ3) is 4.18. The number of nitrogens with one attached hydrogen (secondary N) is 2. The standard InChI is InChI=1S/C19H14F2N2O3S/c20-17-12-14(13-7-3-1-4-8-13)11-16(18(17)21)19(24)22-23-27(25,26)15-9-5-2-6-10-15/h1-12,23H,(H,22,24). The van der Waals surface area contributed by atoms with Gasteiger partial charge < -0.3 is 0 Å². The first-order chi connectivity index (χ1) is 12.9. The second-order valence-electron chi connectivity index (χ2n) is 5.56. The summed E-state index contributed by atoms with van der Waals surface area (Å²) in [6.45, 7) is 0. The highest BCUT2D eigenvalue weighted by Crippen LogP contribution is 2.24. The van der Waals surface area contributed by atoms with Crippen molar-refractivity contribution in [1.29, 1.82) is 0 Å². The zero-order chi connectivity index (χ0) is 19.4. The Morgan fingerprint density at radius 1 is 0.815 bits per heavy atom. The van der Waals surface area contributed by atoms with Crippen LogP contribution in [0.2, 0.25) is 0 Å². The lowest BCUT2D eigenvalue weighted by molar-refractivity contribution is 0.0940. The molecule has 0 unspecified atom stereocenters. The van der Waals surface area contributed by atoms with Crippen LogP contribution in [-0.4, -0.2) is 14.3 Å². The van der Waals surface area contributed by atoms with Gasteiger partial charge in [0, 0.05) is 0 Å². The molecule has 5 nitrogen and oxygen atoms in total. The van der Waals surface area contributed by atoms with Gasteiger partial charge in [-0.15, -0.1) is 4.83 Å². The van der Waals surface area contributed by atoms with Gasteiger partial charge in [0.15, 0.2) is 11.6 Å². The molecule has 0 spiro atoms. The Kier molecular flexibility index (Phi) is 5.29. The third-order valence-electron chi connectivity index (χ3n) is 3.73. The summed E-state index contributed by atoms with van der Waals surface area (Å²) in [5.41, 5.74) is 2.14. The maximum atomic E-state index is 14.1. The molecule has 0 heterocycles. The Hall–Kier alpha value is -3.10. The number of hydrazine groups is 1. The second kappa shape index (κ2) is 7.65. The monoisotopic (exact) mass is 388 g/mol. The van der Waals surface area contributed by atoms with Gasteiger partial charge in [-0.05, 0) is 35.4 Å². The topological polar surface area (TPSA) is 75.3 Å². The Labute approximate surface area is 154 Å². The molecule has 0 atom stereocenters. The Balaban J connectivity index is 1.86. The number of benzene rings is 3. The van der Waals surface area contributed by atoms with E-state index in [2.05, 4.69) is 0 Å². The summed E-state index contributed by atoms with van der Waals surface area (Å²) < 4.78 is 52.2. The summed E-state index contributed by atoms with van der Waals surface area (Å²) in [5.74, 6) is -3.71. The van der Waals surface area contributed by atoms with Crippen LogP contribution in [0.3, 0.4) is 0 Å². The van der Waals surface area contributed by atoms with Crippen LogP contribution >= 0.6 is 0 Å². The second-order valence-corrected chi connectivity index (χ2v) is 7.24. The molecule has 0 fully saturated rings. The minimum atomic E-state index is -4.05. The van der Waals surface area contributed by atoms with Crippen molar-refractivity contribution in [2.24, 2.45) is 0 Å². The zero-order valence-corrected chi connectivity index (χ0v) is 14.6. The van der Waals surface area contributed by atoms with Crippen molar-refractivity contribution in [2.45, 2.75) is 4.90 Å². The van der Waals surface area contributed by atoms with E-state index in [1.165, 1.54) is 24.3 Å². The summed E-state index contributed by atoms with van der Waals surface area (Å²) in [4.78, 5) is 14.0. The van der Waals surface area contributed by atoms with E-state index in [1.54, 1.807) is 36.4 Å². The lowest BCUT2D eigenvalue weighted by atomic mass is 10.0. The van der Waals surface area contributed by atoms with Crippen molar-refractivity contribution in [3.05, 3.63) is 90.0 Å². The van der Waals surface area contributed by atoms with Crippen LogP contribution in [0.15, 0.2) is 77.7 Å². The molecule has 0 aliphatic carbocycles. The van der Waals surface area contributed by atoms with Crippen LogP contribution in [0.25, 0.3) is 11.1 Å². The Morgan fingerprint density at radius 3 is 2.04 bits per heavy atom. The van der Waals surface area contributed by atoms with Gasteiger partial charge in [-0.25, -0.2) is 17.2 Å². The summed E-state index contributed by atoms with van der Waals surface area (Å²) in [6.07, 6.45) is 0. The van der Waals surface area contributed by atoms with Crippen molar-refractivity contribution in [2.75, 3.05) is 0 Å². The maximum Gasteiger partial charge on any atom is 0.269 e. The molecule has 8 heteroatoms. The average Bonchev–Trinajstić information content (AvgIpc) is 2.69. The lowest BCUT2D eigenvalue weighted by Crippen LogP contribution is -2.41. The normalized spacial score (nSPS) is 11.2. The van der Waals surface area contributed by atoms with Gasteiger partial charge >= 0.3 is 0 Å². The van der Waals surface area contributed by atoms with E-state index in [1.807, 2.05) is 10.3 Å². The molecule has 0 aromatic heterocycles. The summed E-state index contributed by atoms with van der Waals surface area (Å²) in [7, 11) is -4.05. The number of halogens is 2. The molecule has 0 bridgehead atoms. The zero-order valence-electron chi connectivity index (χ0n) is 13.8. The van der Waals surface area contributed by atoms with Gasteiger partial charge in [-0.2, -0.15) is 0 Å². The van der Waals surface area contributed by atoms with E-state index < -0.39 is 33.1 Å². The number of amides is 1. The van der Waals surface area contributed by atoms with Crippen LogP contribution in [0, 0.1) is 11.6 Å². The highest BCUT2D eigenvalue weighted by Gasteiger charge is 2.20. The quantitative estimate of drug-likeness (QED) is 0.659. The molecule has 0 aliphatic rings. The predicted octanol–water partition coefficient (Wildman–Crippen LogP) is 3.26. The molecule has 3 aromatic carbocycles. The van der Waals surface area contributed by atoms with Crippen LogP contribution in [0.5, 0.6) is 0 Å². The molecule has 3 rings (SSSR count). The minimum Gasteiger partial charge on any atom is -0.273 e. The number of hydrogen-bond donors (Lipinski definition) is 2. The maximum absolute atomic E-state index is 14.1. The molecule has 0 saturated heterocycles. The van der Waals surface area contributed by atoms with E-state index in [0.29, 0.717) is 5.56 Å².